The molecule has 0 atom stereocenters. The Hall–Kier alpha value is -2.01. The number of carbonyl (C=O) groups is 1. The summed E-state index contributed by atoms with van der Waals surface area (Å²) in [5, 5.41) is 2.56. The van der Waals surface area contributed by atoms with E-state index in [0.29, 0.717) is 12.2 Å². The molecule has 0 spiro atoms. The van der Waals surface area contributed by atoms with E-state index < -0.39 is 5.82 Å². The van der Waals surface area contributed by atoms with Gasteiger partial charge in [-0.1, -0.05) is 18.2 Å². The van der Waals surface area contributed by atoms with Gasteiger partial charge in [0.15, 0.2) is 0 Å². The standard InChI is InChI=1S/C16H17FN2OS/c1-11-6-7-15(13(18)10-11)21-9-8-16(20)19-14-5-3-2-4-12(14)17/h2-7,10H,8-9,18H2,1H3,(H,19,20). The summed E-state index contributed by atoms with van der Waals surface area (Å²) in [5.41, 5.74) is 7.94. The lowest BCUT2D eigenvalue weighted by atomic mass is 10.2. The highest BCUT2D eigenvalue weighted by molar-refractivity contribution is 7.99. The van der Waals surface area contributed by atoms with E-state index in [4.69, 9.17) is 5.73 Å². The minimum Gasteiger partial charge on any atom is -0.398 e. The van der Waals surface area contributed by atoms with Crippen molar-refractivity contribution in [2.24, 2.45) is 0 Å². The zero-order valence-corrected chi connectivity index (χ0v) is 12.5. The lowest BCUT2D eigenvalue weighted by Crippen LogP contribution is -2.13. The van der Waals surface area contributed by atoms with Crippen LogP contribution in [0.15, 0.2) is 47.4 Å². The fourth-order valence-corrected chi connectivity index (χ4v) is 2.73. The molecule has 110 valence electrons. The van der Waals surface area contributed by atoms with E-state index in [0.717, 1.165) is 16.1 Å². The highest BCUT2D eigenvalue weighted by Crippen LogP contribution is 2.26. The van der Waals surface area contributed by atoms with E-state index in [1.807, 2.05) is 25.1 Å². The maximum Gasteiger partial charge on any atom is 0.225 e. The average Bonchev–Trinajstić information content (AvgIpc) is 2.44. The van der Waals surface area contributed by atoms with Crippen LogP contribution in [0.4, 0.5) is 15.8 Å². The maximum atomic E-state index is 13.4. The molecule has 3 N–H and O–H groups in total. The first-order chi connectivity index (χ1) is 10.1. The number of thioether (sulfide) groups is 1. The van der Waals surface area contributed by atoms with Crippen molar-refractivity contribution in [3.8, 4) is 0 Å². The molecule has 0 saturated heterocycles. The second-order valence-corrected chi connectivity index (χ2v) is 5.80. The molecule has 0 aliphatic rings. The van der Waals surface area contributed by atoms with Gasteiger partial charge in [-0.2, -0.15) is 0 Å². The number of nitrogens with two attached hydrogens (primary N) is 1. The Morgan fingerprint density at radius 3 is 2.76 bits per heavy atom. The van der Waals surface area contributed by atoms with Gasteiger partial charge < -0.3 is 11.1 Å². The number of anilines is 2. The molecule has 21 heavy (non-hydrogen) atoms. The number of para-hydroxylation sites is 1. The van der Waals surface area contributed by atoms with Gasteiger partial charge in [0, 0.05) is 22.8 Å². The maximum absolute atomic E-state index is 13.4. The number of hydrogen-bond donors (Lipinski definition) is 2. The van der Waals surface area contributed by atoms with Crippen LogP contribution >= 0.6 is 11.8 Å². The van der Waals surface area contributed by atoms with Gasteiger partial charge in [0.2, 0.25) is 5.91 Å². The van der Waals surface area contributed by atoms with Crippen molar-refractivity contribution in [1.82, 2.24) is 0 Å². The van der Waals surface area contributed by atoms with Crippen LogP contribution < -0.4 is 11.1 Å². The number of carbonyl (C=O) groups excluding carboxylic acids is 1. The Morgan fingerprint density at radius 1 is 1.29 bits per heavy atom. The fourth-order valence-electron chi connectivity index (χ4n) is 1.83. The molecule has 3 nitrogen and oxygen atoms in total. The highest BCUT2D eigenvalue weighted by atomic mass is 32.2. The van der Waals surface area contributed by atoms with Gasteiger partial charge in [-0.25, -0.2) is 4.39 Å². The summed E-state index contributed by atoms with van der Waals surface area (Å²) in [4.78, 5) is 12.7. The molecule has 2 aromatic carbocycles. The minimum atomic E-state index is -0.429. The molecule has 0 aliphatic carbocycles. The average molecular weight is 304 g/mol. The molecule has 0 radical (unpaired) electrons. The number of rotatable bonds is 5. The number of nitrogens with one attached hydrogen (secondary N) is 1. The summed E-state index contributed by atoms with van der Waals surface area (Å²) in [6.45, 7) is 1.98. The molecular formula is C16H17FN2OS. The molecule has 0 aromatic heterocycles. The topological polar surface area (TPSA) is 55.1 Å². The van der Waals surface area contributed by atoms with Crippen LogP contribution in [0, 0.1) is 12.7 Å². The van der Waals surface area contributed by atoms with Crippen LogP contribution in [-0.4, -0.2) is 11.7 Å². The van der Waals surface area contributed by atoms with Crippen molar-refractivity contribution in [3.05, 3.63) is 53.8 Å². The summed E-state index contributed by atoms with van der Waals surface area (Å²) in [6, 6.07) is 12.0. The van der Waals surface area contributed by atoms with Crippen LogP contribution in [0.3, 0.4) is 0 Å². The number of aryl methyl sites for hydroxylation is 1. The highest BCUT2D eigenvalue weighted by Gasteiger charge is 2.07. The molecule has 0 bridgehead atoms. The molecule has 2 aromatic rings. The van der Waals surface area contributed by atoms with Crippen molar-refractivity contribution in [2.45, 2.75) is 18.2 Å². The Labute approximate surface area is 127 Å². The minimum absolute atomic E-state index is 0.210. The van der Waals surface area contributed by atoms with Crippen LogP contribution in [0.1, 0.15) is 12.0 Å². The van der Waals surface area contributed by atoms with Gasteiger partial charge in [0.25, 0.3) is 0 Å². The molecule has 0 saturated carbocycles. The number of halogens is 1. The van der Waals surface area contributed by atoms with Crippen molar-refractivity contribution < 1.29 is 9.18 Å². The Kier molecular flexibility index (Phi) is 5.22. The molecule has 0 aliphatic heterocycles. The first-order valence-corrected chi connectivity index (χ1v) is 7.58. The van der Waals surface area contributed by atoms with Gasteiger partial charge in [-0.05, 0) is 36.8 Å². The normalized spacial score (nSPS) is 10.4. The van der Waals surface area contributed by atoms with E-state index in [9.17, 15) is 9.18 Å². The Morgan fingerprint density at radius 2 is 2.05 bits per heavy atom. The van der Waals surface area contributed by atoms with E-state index in [1.54, 1.807) is 18.2 Å². The summed E-state index contributed by atoms with van der Waals surface area (Å²) >= 11 is 1.52. The Balaban J connectivity index is 1.83. The Bertz CT molecular complexity index is 646. The van der Waals surface area contributed by atoms with Gasteiger partial charge in [-0.15, -0.1) is 11.8 Å². The fraction of sp³-hybridized carbons (Fsp3) is 0.188. The first kappa shape index (κ1) is 15.4. The third kappa shape index (κ3) is 4.49. The molecule has 0 fully saturated rings. The zero-order chi connectivity index (χ0) is 15.2. The number of nitrogen functional groups attached to an aromatic ring is 1. The monoisotopic (exact) mass is 304 g/mol. The number of amides is 1. The summed E-state index contributed by atoms with van der Waals surface area (Å²) in [7, 11) is 0. The van der Waals surface area contributed by atoms with E-state index >= 15 is 0 Å². The van der Waals surface area contributed by atoms with Crippen LogP contribution in [-0.2, 0) is 4.79 Å². The van der Waals surface area contributed by atoms with Crippen LogP contribution in [0.2, 0.25) is 0 Å². The summed E-state index contributed by atoms with van der Waals surface area (Å²) < 4.78 is 13.4. The van der Waals surface area contributed by atoms with Gasteiger partial charge in [0.1, 0.15) is 5.82 Å². The third-order valence-corrected chi connectivity index (χ3v) is 3.99. The molecule has 1 amide bonds. The third-order valence-electron chi connectivity index (χ3n) is 2.90. The van der Waals surface area contributed by atoms with Crippen molar-refractivity contribution in [2.75, 3.05) is 16.8 Å². The summed E-state index contributed by atoms with van der Waals surface area (Å²) in [5.74, 6) is -0.0485. The van der Waals surface area contributed by atoms with Crippen molar-refractivity contribution >= 4 is 29.0 Å². The molecule has 5 heteroatoms. The smallest absolute Gasteiger partial charge is 0.225 e. The molecule has 0 heterocycles. The quantitative estimate of drug-likeness (QED) is 0.652. The van der Waals surface area contributed by atoms with Gasteiger partial charge >= 0.3 is 0 Å². The lowest BCUT2D eigenvalue weighted by Gasteiger charge is -2.08. The molecule has 2 rings (SSSR count). The SMILES string of the molecule is Cc1ccc(SCCC(=O)Nc2ccccc2F)c(N)c1. The molecular weight excluding hydrogens is 287 g/mol. The van der Waals surface area contributed by atoms with Crippen LogP contribution in [0.5, 0.6) is 0 Å². The van der Waals surface area contributed by atoms with Crippen LogP contribution in [0.25, 0.3) is 0 Å². The summed E-state index contributed by atoms with van der Waals surface area (Å²) in [6.07, 6.45) is 0.298. The second-order valence-electron chi connectivity index (χ2n) is 4.67. The van der Waals surface area contributed by atoms with Crippen molar-refractivity contribution in [3.63, 3.8) is 0 Å². The zero-order valence-electron chi connectivity index (χ0n) is 11.7. The predicted molar refractivity (Wildman–Crippen MR) is 86.0 cm³/mol. The van der Waals surface area contributed by atoms with Crippen molar-refractivity contribution in [1.29, 1.82) is 0 Å². The van der Waals surface area contributed by atoms with E-state index in [1.165, 1.54) is 17.8 Å². The predicted octanol–water partition coefficient (Wildman–Crippen LogP) is 3.84. The van der Waals surface area contributed by atoms with Gasteiger partial charge in [-0.3, -0.25) is 4.79 Å². The second kappa shape index (κ2) is 7.13. The number of hydrogen-bond acceptors (Lipinski definition) is 3. The first-order valence-electron chi connectivity index (χ1n) is 6.59. The van der Waals surface area contributed by atoms with E-state index in [2.05, 4.69) is 5.32 Å². The largest absolute Gasteiger partial charge is 0.398 e. The van der Waals surface area contributed by atoms with E-state index in [-0.39, 0.29) is 11.6 Å². The lowest BCUT2D eigenvalue weighted by molar-refractivity contribution is -0.115. The number of benzene rings is 2. The van der Waals surface area contributed by atoms with Gasteiger partial charge in [0.05, 0.1) is 5.69 Å². The molecule has 0 unspecified atom stereocenters.